The van der Waals surface area contributed by atoms with Gasteiger partial charge in [-0.2, -0.15) is 0 Å². The summed E-state index contributed by atoms with van der Waals surface area (Å²) in [5.41, 5.74) is 3.56. The molecule has 0 saturated carbocycles. The van der Waals surface area contributed by atoms with Crippen LogP contribution in [0.25, 0.3) is 0 Å². The van der Waals surface area contributed by atoms with Gasteiger partial charge in [-0.15, -0.1) is 0 Å². The average Bonchev–Trinajstić information content (AvgIpc) is 2.67. The van der Waals surface area contributed by atoms with Crippen LogP contribution in [0.15, 0.2) is 18.2 Å². The number of amides is 3. The fraction of sp³-hybridized carbons (Fsp3) is 0.600. The number of hydrogen-bond acceptors (Lipinski definition) is 3. The Bertz CT molecular complexity index is 648. The van der Waals surface area contributed by atoms with Gasteiger partial charge in [-0.3, -0.25) is 4.79 Å². The lowest BCUT2D eigenvalue weighted by Crippen LogP contribution is -2.49. The van der Waals surface area contributed by atoms with Gasteiger partial charge in [0.1, 0.15) is 0 Å². The van der Waals surface area contributed by atoms with E-state index in [-0.39, 0.29) is 17.9 Å². The summed E-state index contributed by atoms with van der Waals surface area (Å²) in [5, 5.41) is 3.01. The summed E-state index contributed by atoms with van der Waals surface area (Å²) in [4.78, 5) is 28.7. The number of nitrogens with zero attached hydrogens (tertiary/aromatic N) is 2. The molecule has 0 bridgehead atoms. The second-order valence-corrected chi connectivity index (χ2v) is 7.29. The average molecular weight is 359 g/mol. The van der Waals surface area contributed by atoms with Gasteiger partial charge in [0.2, 0.25) is 5.91 Å². The first-order valence-electron chi connectivity index (χ1n) is 9.50. The van der Waals surface area contributed by atoms with Crippen LogP contribution < -0.4 is 5.32 Å². The van der Waals surface area contributed by atoms with E-state index in [1.54, 1.807) is 0 Å². The quantitative estimate of drug-likeness (QED) is 0.899. The van der Waals surface area contributed by atoms with Gasteiger partial charge in [-0.25, -0.2) is 4.79 Å². The molecule has 6 nitrogen and oxygen atoms in total. The normalized spacial score (nSPS) is 18.7. The number of rotatable bonds is 3. The van der Waals surface area contributed by atoms with Crippen LogP contribution in [0.2, 0.25) is 0 Å². The maximum Gasteiger partial charge on any atom is 0.317 e. The van der Waals surface area contributed by atoms with E-state index in [0.717, 1.165) is 18.4 Å². The largest absolute Gasteiger partial charge is 0.378 e. The third kappa shape index (κ3) is 4.55. The fourth-order valence-corrected chi connectivity index (χ4v) is 3.70. The predicted octanol–water partition coefficient (Wildman–Crippen LogP) is 2.08. The van der Waals surface area contributed by atoms with Gasteiger partial charge in [0.15, 0.2) is 0 Å². The molecule has 142 valence electrons. The van der Waals surface area contributed by atoms with Crippen molar-refractivity contribution in [3.8, 4) is 0 Å². The zero-order valence-corrected chi connectivity index (χ0v) is 15.8. The molecule has 1 aromatic rings. The van der Waals surface area contributed by atoms with Crippen LogP contribution in [0.1, 0.15) is 29.5 Å². The van der Waals surface area contributed by atoms with Gasteiger partial charge >= 0.3 is 6.03 Å². The van der Waals surface area contributed by atoms with Crippen molar-refractivity contribution in [2.45, 2.75) is 33.2 Å². The molecule has 0 aliphatic carbocycles. The zero-order chi connectivity index (χ0) is 18.5. The van der Waals surface area contributed by atoms with Crippen molar-refractivity contribution in [1.29, 1.82) is 0 Å². The zero-order valence-electron chi connectivity index (χ0n) is 15.8. The molecule has 2 aliphatic heterocycles. The highest BCUT2D eigenvalue weighted by Gasteiger charge is 2.30. The van der Waals surface area contributed by atoms with Crippen LogP contribution in [0.4, 0.5) is 4.79 Å². The van der Waals surface area contributed by atoms with Crippen molar-refractivity contribution in [2.24, 2.45) is 5.92 Å². The summed E-state index contributed by atoms with van der Waals surface area (Å²) < 4.78 is 5.31. The van der Waals surface area contributed by atoms with E-state index in [0.29, 0.717) is 45.9 Å². The lowest BCUT2D eigenvalue weighted by Gasteiger charge is -2.35. The minimum absolute atomic E-state index is 0.0384. The van der Waals surface area contributed by atoms with Gasteiger partial charge in [0.25, 0.3) is 0 Å². The van der Waals surface area contributed by atoms with Crippen molar-refractivity contribution < 1.29 is 14.3 Å². The van der Waals surface area contributed by atoms with Crippen molar-refractivity contribution >= 4 is 11.9 Å². The maximum atomic E-state index is 12.6. The Hall–Kier alpha value is -2.08. The second kappa shape index (κ2) is 8.54. The Morgan fingerprint density at radius 3 is 2.42 bits per heavy atom. The molecule has 0 unspecified atom stereocenters. The van der Waals surface area contributed by atoms with Crippen LogP contribution in [0.5, 0.6) is 0 Å². The van der Waals surface area contributed by atoms with E-state index < -0.39 is 0 Å². The van der Waals surface area contributed by atoms with E-state index in [1.165, 1.54) is 11.1 Å². The van der Waals surface area contributed by atoms with Crippen LogP contribution in [0, 0.1) is 19.8 Å². The number of carbonyl (C=O) groups is 2. The Balaban J connectivity index is 1.45. The molecule has 2 fully saturated rings. The number of ether oxygens (including phenoxy) is 1. The molecule has 6 heteroatoms. The third-order valence-corrected chi connectivity index (χ3v) is 5.38. The van der Waals surface area contributed by atoms with Gasteiger partial charge in [-0.05, 0) is 37.8 Å². The Kier molecular flexibility index (Phi) is 6.14. The van der Waals surface area contributed by atoms with Crippen LogP contribution in [-0.4, -0.2) is 61.1 Å². The molecule has 2 saturated heterocycles. The highest BCUT2D eigenvalue weighted by Crippen LogP contribution is 2.20. The van der Waals surface area contributed by atoms with Crippen molar-refractivity contribution in [3.63, 3.8) is 0 Å². The number of benzene rings is 1. The number of piperidine rings is 1. The third-order valence-electron chi connectivity index (χ3n) is 5.38. The minimum atomic E-state index is -0.0396. The molecule has 0 spiro atoms. The Morgan fingerprint density at radius 1 is 1.08 bits per heavy atom. The van der Waals surface area contributed by atoms with Crippen molar-refractivity contribution in [2.75, 3.05) is 39.4 Å². The fourth-order valence-electron chi connectivity index (χ4n) is 3.70. The molecule has 1 aromatic carbocycles. The highest BCUT2D eigenvalue weighted by atomic mass is 16.5. The van der Waals surface area contributed by atoms with Gasteiger partial charge in [0.05, 0.1) is 13.2 Å². The first kappa shape index (κ1) is 18.7. The van der Waals surface area contributed by atoms with Crippen molar-refractivity contribution in [1.82, 2.24) is 15.1 Å². The number of hydrogen-bond donors (Lipinski definition) is 1. The van der Waals surface area contributed by atoms with E-state index in [1.807, 2.05) is 9.80 Å². The summed E-state index contributed by atoms with van der Waals surface area (Å²) in [6.45, 7) is 8.59. The van der Waals surface area contributed by atoms with Crippen LogP contribution >= 0.6 is 0 Å². The summed E-state index contributed by atoms with van der Waals surface area (Å²) in [6.07, 6.45) is 1.49. The van der Waals surface area contributed by atoms with E-state index >= 15 is 0 Å². The molecule has 26 heavy (non-hydrogen) atoms. The molecule has 0 aromatic heterocycles. The molecule has 3 rings (SSSR count). The topological polar surface area (TPSA) is 61.9 Å². The summed E-state index contributed by atoms with van der Waals surface area (Å²) in [5.74, 6) is 0.264. The SMILES string of the molecule is Cc1ccc(CNC(=O)N2CCC(C(=O)N3CCOCC3)CC2)c(C)c1. The lowest BCUT2D eigenvalue weighted by molar-refractivity contribution is -0.141. The second-order valence-electron chi connectivity index (χ2n) is 7.29. The molecule has 1 N–H and O–H groups in total. The van der Waals surface area contributed by atoms with Crippen molar-refractivity contribution in [3.05, 3.63) is 34.9 Å². The molecular weight excluding hydrogens is 330 g/mol. The summed E-state index contributed by atoms with van der Waals surface area (Å²) >= 11 is 0. The van der Waals surface area contributed by atoms with Gasteiger partial charge < -0.3 is 19.9 Å². The first-order chi connectivity index (χ1) is 12.5. The molecular formula is C20H29N3O3. The maximum absolute atomic E-state index is 12.6. The standard InChI is InChI=1S/C20H29N3O3/c1-15-3-4-18(16(2)13-15)14-21-20(25)23-7-5-17(6-8-23)19(24)22-9-11-26-12-10-22/h3-4,13,17H,5-12,14H2,1-2H3,(H,21,25). The molecule has 2 aliphatic rings. The molecule has 0 radical (unpaired) electrons. The minimum Gasteiger partial charge on any atom is -0.378 e. The monoisotopic (exact) mass is 359 g/mol. The number of morpholine rings is 1. The molecule has 2 heterocycles. The van der Waals surface area contributed by atoms with E-state index in [9.17, 15) is 9.59 Å². The number of likely N-dealkylation sites (tertiary alicyclic amines) is 1. The van der Waals surface area contributed by atoms with Gasteiger partial charge in [-0.1, -0.05) is 23.8 Å². The van der Waals surface area contributed by atoms with Crippen LogP contribution in [0.3, 0.4) is 0 Å². The molecule has 0 atom stereocenters. The summed E-state index contributed by atoms with van der Waals surface area (Å²) in [6, 6.07) is 6.22. The molecule has 3 amide bonds. The predicted molar refractivity (Wildman–Crippen MR) is 99.8 cm³/mol. The number of urea groups is 1. The van der Waals surface area contributed by atoms with E-state index in [4.69, 9.17) is 4.74 Å². The lowest BCUT2D eigenvalue weighted by atomic mass is 9.95. The highest BCUT2D eigenvalue weighted by molar-refractivity contribution is 5.80. The Labute approximate surface area is 155 Å². The van der Waals surface area contributed by atoms with Gasteiger partial charge in [0, 0.05) is 38.6 Å². The summed E-state index contributed by atoms with van der Waals surface area (Å²) in [7, 11) is 0. The first-order valence-corrected chi connectivity index (χ1v) is 9.50. The Morgan fingerprint density at radius 2 is 1.77 bits per heavy atom. The van der Waals surface area contributed by atoms with E-state index in [2.05, 4.69) is 37.4 Å². The van der Waals surface area contributed by atoms with Crippen LogP contribution in [-0.2, 0) is 16.1 Å². The number of aryl methyl sites for hydroxylation is 2. The number of nitrogens with one attached hydrogen (secondary N) is 1. The number of carbonyl (C=O) groups excluding carboxylic acids is 2. The smallest absolute Gasteiger partial charge is 0.317 e.